The van der Waals surface area contributed by atoms with Crippen LogP contribution in [0.25, 0.3) is 0 Å². The molecule has 4 N–H and O–H groups in total. The van der Waals surface area contributed by atoms with Crippen molar-refractivity contribution in [3.63, 3.8) is 0 Å². The van der Waals surface area contributed by atoms with Crippen LogP contribution in [0.2, 0.25) is 0 Å². The fourth-order valence-corrected chi connectivity index (χ4v) is 2.46. The van der Waals surface area contributed by atoms with Gasteiger partial charge in [0.15, 0.2) is 0 Å². The van der Waals surface area contributed by atoms with Crippen LogP contribution in [0.1, 0.15) is 46.0 Å². The molecule has 0 radical (unpaired) electrons. The van der Waals surface area contributed by atoms with Gasteiger partial charge in [-0.25, -0.2) is 0 Å². The minimum atomic E-state index is -0.570. The van der Waals surface area contributed by atoms with Crippen molar-refractivity contribution in [3.05, 3.63) is 0 Å². The molecule has 1 aliphatic carbocycles. The maximum absolute atomic E-state index is 11.9. The highest BCUT2D eigenvalue weighted by Gasteiger charge is 2.27. The fraction of sp³-hybridized carbons (Fsp3) is 0.857. The molecule has 0 atom stereocenters. The van der Waals surface area contributed by atoms with Crippen molar-refractivity contribution >= 4 is 11.8 Å². The molecular formula is C14H27N3O2. The zero-order chi connectivity index (χ0) is 14.5. The number of amides is 2. The highest BCUT2D eigenvalue weighted by molar-refractivity contribution is 5.83. The molecule has 0 saturated heterocycles. The Kier molecular flexibility index (Phi) is 5.79. The van der Waals surface area contributed by atoms with Gasteiger partial charge in [0.05, 0.1) is 5.41 Å². The molecule has 0 bridgehead atoms. The van der Waals surface area contributed by atoms with E-state index in [9.17, 15) is 9.59 Å². The number of carbonyl (C=O) groups is 2. The van der Waals surface area contributed by atoms with E-state index in [2.05, 4.69) is 10.6 Å². The van der Waals surface area contributed by atoms with E-state index < -0.39 is 5.41 Å². The first kappa shape index (κ1) is 16.0. The molecule has 5 nitrogen and oxygen atoms in total. The number of nitrogens with one attached hydrogen (secondary N) is 2. The SMILES string of the molecule is CNC(=O)C(C)(C)CNC(=O)CC1CCC(N)CC1. The molecule has 1 fully saturated rings. The second kappa shape index (κ2) is 6.89. The molecule has 0 spiro atoms. The Morgan fingerprint density at radius 2 is 1.79 bits per heavy atom. The molecule has 0 aromatic carbocycles. The van der Waals surface area contributed by atoms with E-state index in [1.165, 1.54) is 0 Å². The third-order valence-corrected chi connectivity index (χ3v) is 3.93. The first-order valence-electron chi connectivity index (χ1n) is 7.09. The Labute approximate surface area is 115 Å². The van der Waals surface area contributed by atoms with Crippen molar-refractivity contribution in [3.8, 4) is 0 Å². The van der Waals surface area contributed by atoms with Crippen molar-refractivity contribution in [2.24, 2.45) is 17.1 Å². The second-order valence-corrected chi connectivity index (χ2v) is 6.22. The minimum absolute atomic E-state index is 0.0393. The molecule has 19 heavy (non-hydrogen) atoms. The molecule has 0 aliphatic heterocycles. The summed E-state index contributed by atoms with van der Waals surface area (Å²) >= 11 is 0. The molecule has 5 heteroatoms. The summed E-state index contributed by atoms with van der Waals surface area (Å²) < 4.78 is 0. The van der Waals surface area contributed by atoms with Crippen LogP contribution in [-0.4, -0.2) is 31.4 Å². The van der Waals surface area contributed by atoms with Gasteiger partial charge >= 0.3 is 0 Å². The smallest absolute Gasteiger partial charge is 0.227 e. The van der Waals surface area contributed by atoms with E-state index in [1.54, 1.807) is 7.05 Å². The van der Waals surface area contributed by atoms with Crippen molar-refractivity contribution in [1.82, 2.24) is 10.6 Å². The summed E-state index contributed by atoms with van der Waals surface area (Å²) in [7, 11) is 1.61. The number of hydrogen-bond donors (Lipinski definition) is 3. The predicted octanol–water partition coefficient (Wildman–Crippen LogP) is 0.782. The maximum Gasteiger partial charge on any atom is 0.227 e. The lowest BCUT2D eigenvalue weighted by atomic mass is 9.84. The Morgan fingerprint density at radius 1 is 1.21 bits per heavy atom. The summed E-state index contributed by atoms with van der Waals surface area (Å²) in [5.74, 6) is 0.428. The lowest BCUT2D eigenvalue weighted by molar-refractivity contribution is -0.129. The van der Waals surface area contributed by atoms with Crippen LogP contribution in [-0.2, 0) is 9.59 Å². The first-order valence-corrected chi connectivity index (χ1v) is 7.09. The van der Waals surface area contributed by atoms with Gasteiger partial charge in [0.2, 0.25) is 11.8 Å². The van der Waals surface area contributed by atoms with E-state index in [0.717, 1.165) is 25.7 Å². The summed E-state index contributed by atoms with van der Waals surface area (Å²) in [6.45, 7) is 4.02. The molecule has 2 amide bonds. The monoisotopic (exact) mass is 269 g/mol. The molecule has 0 heterocycles. The predicted molar refractivity (Wildman–Crippen MR) is 75.4 cm³/mol. The molecule has 0 aromatic heterocycles. The summed E-state index contributed by atoms with van der Waals surface area (Å²) in [6.07, 6.45) is 4.65. The van der Waals surface area contributed by atoms with Crippen molar-refractivity contribution in [2.75, 3.05) is 13.6 Å². The highest BCUT2D eigenvalue weighted by atomic mass is 16.2. The summed E-state index contributed by atoms with van der Waals surface area (Å²) in [5, 5.41) is 5.48. The lowest BCUT2D eigenvalue weighted by Gasteiger charge is -2.27. The van der Waals surface area contributed by atoms with E-state index in [-0.39, 0.29) is 11.8 Å². The van der Waals surface area contributed by atoms with Gasteiger partial charge in [-0.15, -0.1) is 0 Å². The number of nitrogens with two attached hydrogens (primary N) is 1. The summed E-state index contributed by atoms with van der Waals surface area (Å²) in [4.78, 5) is 23.5. The van der Waals surface area contributed by atoms with E-state index in [0.29, 0.717) is 24.9 Å². The Morgan fingerprint density at radius 3 is 2.32 bits per heavy atom. The second-order valence-electron chi connectivity index (χ2n) is 6.22. The van der Waals surface area contributed by atoms with Crippen molar-refractivity contribution in [1.29, 1.82) is 0 Å². The average Bonchev–Trinajstić information content (AvgIpc) is 2.38. The fourth-order valence-electron chi connectivity index (χ4n) is 2.46. The standard InChI is InChI=1S/C14H27N3O2/c1-14(2,13(19)16-3)9-17-12(18)8-10-4-6-11(15)7-5-10/h10-11H,4-9,15H2,1-3H3,(H,16,19)(H,17,18). The highest BCUT2D eigenvalue weighted by Crippen LogP contribution is 2.25. The average molecular weight is 269 g/mol. The molecule has 0 unspecified atom stereocenters. The molecule has 1 aliphatic rings. The van der Waals surface area contributed by atoms with Crippen LogP contribution in [0, 0.1) is 11.3 Å². The van der Waals surface area contributed by atoms with Gasteiger partial charge in [0.1, 0.15) is 0 Å². The van der Waals surface area contributed by atoms with Gasteiger partial charge < -0.3 is 16.4 Å². The van der Waals surface area contributed by atoms with Gasteiger partial charge in [-0.05, 0) is 45.4 Å². The van der Waals surface area contributed by atoms with Crippen LogP contribution < -0.4 is 16.4 Å². The zero-order valence-electron chi connectivity index (χ0n) is 12.3. The topological polar surface area (TPSA) is 84.2 Å². The number of hydrogen-bond acceptors (Lipinski definition) is 3. The molecule has 110 valence electrons. The summed E-state index contributed by atoms with van der Waals surface area (Å²) in [6, 6.07) is 0.312. The van der Waals surface area contributed by atoms with Crippen LogP contribution in [0.3, 0.4) is 0 Å². The maximum atomic E-state index is 11.9. The van der Waals surface area contributed by atoms with Crippen LogP contribution in [0.4, 0.5) is 0 Å². The van der Waals surface area contributed by atoms with Gasteiger partial charge in [-0.2, -0.15) is 0 Å². The summed E-state index contributed by atoms with van der Waals surface area (Å²) in [5.41, 5.74) is 5.28. The first-order chi connectivity index (χ1) is 8.85. The lowest BCUT2D eigenvalue weighted by Crippen LogP contribution is -2.44. The largest absolute Gasteiger partial charge is 0.359 e. The molecular weight excluding hydrogens is 242 g/mol. The molecule has 0 aromatic rings. The van der Waals surface area contributed by atoms with Crippen LogP contribution >= 0.6 is 0 Å². The van der Waals surface area contributed by atoms with Gasteiger partial charge in [-0.3, -0.25) is 9.59 Å². The number of carbonyl (C=O) groups excluding carboxylic acids is 2. The Bertz CT molecular complexity index is 321. The minimum Gasteiger partial charge on any atom is -0.359 e. The van der Waals surface area contributed by atoms with E-state index in [1.807, 2.05) is 13.8 Å². The van der Waals surface area contributed by atoms with Crippen LogP contribution in [0.5, 0.6) is 0 Å². The zero-order valence-corrected chi connectivity index (χ0v) is 12.3. The van der Waals surface area contributed by atoms with Gasteiger partial charge in [-0.1, -0.05) is 0 Å². The van der Waals surface area contributed by atoms with Gasteiger partial charge in [0, 0.05) is 26.1 Å². The third kappa shape index (κ3) is 5.19. The molecule has 1 rings (SSSR count). The number of rotatable bonds is 5. The quantitative estimate of drug-likeness (QED) is 0.689. The Balaban J connectivity index is 2.30. The third-order valence-electron chi connectivity index (χ3n) is 3.93. The van der Waals surface area contributed by atoms with Crippen LogP contribution in [0.15, 0.2) is 0 Å². The van der Waals surface area contributed by atoms with E-state index in [4.69, 9.17) is 5.73 Å². The van der Waals surface area contributed by atoms with Crippen molar-refractivity contribution in [2.45, 2.75) is 52.0 Å². The van der Waals surface area contributed by atoms with Crippen molar-refractivity contribution < 1.29 is 9.59 Å². The van der Waals surface area contributed by atoms with E-state index >= 15 is 0 Å². The van der Waals surface area contributed by atoms with Gasteiger partial charge in [0.25, 0.3) is 0 Å². The molecule has 1 saturated carbocycles. The Hall–Kier alpha value is -1.10. The normalized spacial score (nSPS) is 23.8.